The van der Waals surface area contributed by atoms with E-state index in [0.29, 0.717) is 26.9 Å². The average Bonchev–Trinajstić information content (AvgIpc) is 2.75. The van der Waals surface area contributed by atoms with Crippen molar-refractivity contribution in [2.45, 2.75) is 6.61 Å². The fraction of sp³-hybridized carbons (Fsp3) is 0.0435. The number of amides is 1. The number of rotatable bonds is 6. The second-order valence-corrected chi connectivity index (χ2v) is 7.91. The summed E-state index contributed by atoms with van der Waals surface area (Å²) in [5.74, 6) is -0.0369. The molecule has 3 aromatic rings. The largest absolute Gasteiger partial charge is 0.489 e. The number of nitriles is 1. The Kier molecular flexibility index (Phi) is 7.84. The Morgan fingerprint density at radius 1 is 0.903 bits per heavy atom. The van der Waals surface area contributed by atoms with Crippen LogP contribution >= 0.6 is 46.4 Å². The van der Waals surface area contributed by atoms with Crippen LogP contribution in [-0.4, -0.2) is 5.91 Å². The standard InChI is InChI=1S/C23H14Cl4N2O2/c24-18-3-1-4-19(25)17(18)13-31-16-9-7-14(8-10-16)11-15(12-28)23(30)29-22-20(26)5-2-6-21(22)27/h1-11H,13H2,(H,29,30)/b15-11+. The van der Waals surface area contributed by atoms with E-state index >= 15 is 0 Å². The first-order chi connectivity index (χ1) is 14.9. The summed E-state index contributed by atoms with van der Waals surface area (Å²) in [5, 5.41) is 13.6. The molecule has 1 N–H and O–H groups in total. The lowest BCUT2D eigenvalue weighted by Gasteiger charge is -2.10. The van der Waals surface area contributed by atoms with Crippen LogP contribution in [0.25, 0.3) is 6.08 Å². The van der Waals surface area contributed by atoms with Gasteiger partial charge in [0.1, 0.15) is 24.0 Å². The van der Waals surface area contributed by atoms with E-state index in [1.165, 1.54) is 6.08 Å². The highest BCUT2D eigenvalue weighted by Crippen LogP contribution is 2.30. The van der Waals surface area contributed by atoms with Gasteiger partial charge in [-0.25, -0.2) is 0 Å². The highest BCUT2D eigenvalue weighted by atomic mass is 35.5. The molecule has 0 radical (unpaired) electrons. The lowest BCUT2D eigenvalue weighted by Crippen LogP contribution is -2.14. The fourth-order valence-electron chi connectivity index (χ4n) is 2.60. The van der Waals surface area contributed by atoms with Crippen molar-refractivity contribution in [2.75, 3.05) is 5.32 Å². The normalized spacial score (nSPS) is 11.0. The zero-order valence-electron chi connectivity index (χ0n) is 15.8. The van der Waals surface area contributed by atoms with E-state index < -0.39 is 5.91 Å². The third-order valence-electron chi connectivity index (χ3n) is 4.20. The number of hydrogen-bond acceptors (Lipinski definition) is 3. The molecule has 156 valence electrons. The van der Waals surface area contributed by atoms with Crippen LogP contribution in [0.2, 0.25) is 20.1 Å². The van der Waals surface area contributed by atoms with Crippen LogP contribution in [0.3, 0.4) is 0 Å². The Balaban J connectivity index is 1.70. The van der Waals surface area contributed by atoms with Gasteiger partial charge in [0.15, 0.2) is 0 Å². The van der Waals surface area contributed by atoms with E-state index in [0.717, 1.165) is 0 Å². The van der Waals surface area contributed by atoms with Gasteiger partial charge < -0.3 is 10.1 Å². The van der Waals surface area contributed by atoms with Crippen LogP contribution < -0.4 is 10.1 Å². The van der Waals surface area contributed by atoms with E-state index in [2.05, 4.69) is 5.32 Å². The second-order valence-electron chi connectivity index (χ2n) is 6.28. The molecular weight excluding hydrogens is 478 g/mol. The molecule has 0 aliphatic heterocycles. The van der Waals surface area contributed by atoms with E-state index in [-0.39, 0.29) is 27.9 Å². The van der Waals surface area contributed by atoms with Crippen LogP contribution in [-0.2, 0) is 11.4 Å². The molecule has 0 unspecified atom stereocenters. The summed E-state index contributed by atoms with van der Waals surface area (Å²) in [6.07, 6.45) is 1.45. The molecule has 0 aliphatic rings. The molecule has 0 saturated carbocycles. The van der Waals surface area contributed by atoms with Crippen LogP contribution in [0, 0.1) is 11.3 Å². The number of carbonyl (C=O) groups is 1. The van der Waals surface area contributed by atoms with Crippen molar-refractivity contribution in [2.24, 2.45) is 0 Å². The van der Waals surface area contributed by atoms with Crippen molar-refractivity contribution < 1.29 is 9.53 Å². The first kappa shape index (κ1) is 23.0. The van der Waals surface area contributed by atoms with Crippen LogP contribution in [0.1, 0.15) is 11.1 Å². The molecule has 0 bridgehead atoms. The van der Waals surface area contributed by atoms with Gasteiger partial charge in [0, 0.05) is 15.6 Å². The summed E-state index contributed by atoms with van der Waals surface area (Å²) >= 11 is 24.4. The maximum Gasteiger partial charge on any atom is 0.266 e. The monoisotopic (exact) mass is 490 g/mol. The molecule has 0 aliphatic carbocycles. The Labute approximate surface area is 199 Å². The van der Waals surface area contributed by atoms with Crippen molar-refractivity contribution >= 4 is 64.1 Å². The second kappa shape index (κ2) is 10.6. The first-order valence-corrected chi connectivity index (χ1v) is 10.4. The van der Waals surface area contributed by atoms with Crippen molar-refractivity contribution in [1.82, 2.24) is 0 Å². The Bertz CT molecular complexity index is 1140. The summed E-state index contributed by atoms with van der Waals surface area (Å²) in [5.41, 5.74) is 1.48. The highest BCUT2D eigenvalue weighted by Gasteiger charge is 2.14. The Hall–Kier alpha value is -2.68. The number of anilines is 1. The molecule has 0 heterocycles. The number of carbonyl (C=O) groups excluding carboxylic acids is 1. The topological polar surface area (TPSA) is 62.1 Å². The molecule has 0 saturated heterocycles. The third kappa shape index (κ3) is 5.94. The zero-order chi connectivity index (χ0) is 22.4. The maximum absolute atomic E-state index is 12.5. The predicted molar refractivity (Wildman–Crippen MR) is 126 cm³/mol. The van der Waals surface area contributed by atoms with Gasteiger partial charge in [0.2, 0.25) is 0 Å². The molecule has 1 amide bonds. The van der Waals surface area contributed by atoms with Gasteiger partial charge in [0.05, 0.1) is 15.7 Å². The minimum absolute atomic E-state index is 0.104. The fourth-order valence-corrected chi connectivity index (χ4v) is 3.60. The number of nitrogens with one attached hydrogen (secondary N) is 1. The predicted octanol–water partition coefficient (Wildman–Crippen LogP) is 7.42. The number of benzene rings is 3. The Morgan fingerprint density at radius 2 is 1.45 bits per heavy atom. The van der Waals surface area contributed by atoms with Gasteiger partial charge in [-0.2, -0.15) is 5.26 Å². The average molecular weight is 492 g/mol. The van der Waals surface area contributed by atoms with Crippen LogP contribution in [0.4, 0.5) is 5.69 Å². The van der Waals surface area contributed by atoms with Crippen molar-refractivity contribution in [3.05, 3.63) is 97.5 Å². The first-order valence-electron chi connectivity index (χ1n) is 8.92. The quantitative estimate of drug-likeness (QED) is 0.288. The number of hydrogen-bond donors (Lipinski definition) is 1. The molecule has 31 heavy (non-hydrogen) atoms. The molecule has 8 heteroatoms. The molecule has 0 aromatic heterocycles. The van der Waals surface area contributed by atoms with Crippen molar-refractivity contribution in [3.63, 3.8) is 0 Å². The smallest absolute Gasteiger partial charge is 0.266 e. The van der Waals surface area contributed by atoms with Crippen LogP contribution in [0.15, 0.2) is 66.2 Å². The lowest BCUT2D eigenvalue weighted by molar-refractivity contribution is -0.112. The van der Waals surface area contributed by atoms with Crippen molar-refractivity contribution in [3.8, 4) is 11.8 Å². The summed E-state index contributed by atoms with van der Waals surface area (Å²) in [4.78, 5) is 12.5. The van der Waals surface area contributed by atoms with Gasteiger partial charge in [-0.3, -0.25) is 4.79 Å². The van der Waals surface area contributed by atoms with Gasteiger partial charge >= 0.3 is 0 Å². The minimum Gasteiger partial charge on any atom is -0.489 e. The molecule has 3 rings (SSSR count). The van der Waals surface area contributed by atoms with Gasteiger partial charge in [-0.1, -0.05) is 70.7 Å². The van der Waals surface area contributed by atoms with Gasteiger partial charge in [0.25, 0.3) is 5.91 Å². The summed E-state index contributed by atoms with van der Waals surface area (Å²) < 4.78 is 5.73. The van der Waals surface area contributed by atoms with Crippen LogP contribution in [0.5, 0.6) is 5.75 Å². The minimum atomic E-state index is -0.619. The van der Waals surface area contributed by atoms with E-state index in [9.17, 15) is 10.1 Å². The molecule has 0 fully saturated rings. The summed E-state index contributed by atoms with van der Waals surface area (Å²) in [7, 11) is 0. The third-order valence-corrected chi connectivity index (χ3v) is 5.54. The number of ether oxygens (including phenoxy) is 1. The van der Waals surface area contributed by atoms with E-state index in [4.69, 9.17) is 51.1 Å². The van der Waals surface area contributed by atoms with E-state index in [1.54, 1.807) is 60.7 Å². The molecule has 0 atom stereocenters. The summed E-state index contributed by atoms with van der Waals surface area (Å²) in [6, 6.07) is 18.8. The molecule has 3 aromatic carbocycles. The lowest BCUT2D eigenvalue weighted by atomic mass is 10.1. The van der Waals surface area contributed by atoms with E-state index in [1.807, 2.05) is 6.07 Å². The van der Waals surface area contributed by atoms with Gasteiger partial charge in [-0.05, 0) is 48.0 Å². The summed E-state index contributed by atoms with van der Waals surface area (Å²) in [6.45, 7) is 0.206. The molecule has 0 spiro atoms. The number of nitrogens with zero attached hydrogens (tertiary/aromatic N) is 1. The maximum atomic E-state index is 12.5. The zero-order valence-corrected chi connectivity index (χ0v) is 18.9. The SMILES string of the molecule is N#C/C(=C\c1ccc(OCc2c(Cl)cccc2Cl)cc1)C(=O)Nc1c(Cl)cccc1Cl. The van der Waals surface area contributed by atoms with Gasteiger partial charge in [-0.15, -0.1) is 0 Å². The molecule has 4 nitrogen and oxygen atoms in total. The number of halogens is 4. The Morgan fingerprint density at radius 3 is 2.00 bits per heavy atom. The highest BCUT2D eigenvalue weighted by molar-refractivity contribution is 6.40. The molecular formula is C23H14Cl4N2O2. The van der Waals surface area contributed by atoms with Crippen molar-refractivity contribution in [1.29, 1.82) is 5.26 Å². The number of para-hydroxylation sites is 1.